The van der Waals surface area contributed by atoms with Gasteiger partial charge in [-0.15, -0.1) is 0 Å². The molecule has 1 aliphatic heterocycles. The highest BCUT2D eigenvalue weighted by atomic mass is 15.2. The average Bonchev–Trinajstić information content (AvgIpc) is 1.85. The van der Waals surface area contributed by atoms with Gasteiger partial charge < -0.3 is 9.80 Å². The van der Waals surface area contributed by atoms with Crippen molar-refractivity contribution < 1.29 is 0 Å². The van der Waals surface area contributed by atoms with Crippen LogP contribution in [-0.4, -0.2) is 50.1 Å². The van der Waals surface area contributed by atoms with Crippen LogP contribution in [0.15, 0.2) is 0 Å². The molecular formula is C9H20N2. The third-order valence-electron chi connectivity index (χ3n) is 2.55. The molecule has 0 bridgehead atoms. The Kier molecular flexibility index (Phi) is 2.90. The maximum atomic E-state index is 2.43. The third kappa shape index (κ3) is 2.46. The molecule has 0 amide bonds. The van der Waals surface area contributed by atoms with Gasteiger partial charge >= 0.3 is 0 Å². The monoisotopic (exact) mass is 156 g/mol. The Bertz CT molecular complexity index is 113. The highest BCUT2D eigenvalue weighted by Gasteiger charge is 2.23. The molecule has 2 atom stereocenters. The molecule has 2 nitrogen and oxygen atoms in total. The SMILES string of the molecule is C[C@H]1C[C@@H](N(C)C)CN(C)C1. The summed E-state index contributed by atoms with van der Waals surface area (Å²) >= 11 is 0. The fourth-order valence-corrected chi connectivity index (χ4v) is 1.95. The third-order valence-corrected chi connectivity index (χ3v) is 2.55. The van der Waals surface area contributed by atoms with Gasteiger partial charge in [-0.2, -0.15) is 0 Å². The molecule has 0 aliphatic carbocycles. The summed E-state index contributed by atoms with van der Waals surface area (Å²) in [5, 5.41) is 0. The topological polar surface area (TPSA) is 6.48 Å². The summed E-state index contributed by atoms with van der Waals surface area (Å²) in [4.78, 5) is 4.77. The largest absolute Gasteiger partial charge is 0.305 e. The molecule has 0 radical (unpaired) electrons. The fraction of sp³-hybridized carbons (Fsp3) is 1.00. The van der Waals surface area contributed by atoms with Gasteiger partial charge in [0.15, 0.2) is 0 Å². The Morgan fingerprint density at radius 3 is 2.36 bits per heavy atom. The molecule has 0 spiro atoms. The van der Waals surface area contributed by atoms with Gasteiger partial charge in [-0.3, -0.25) is 0 Å². The quantitative estimate of drug-likeness (QED) is 0.556. The van der Waals surface area contributed by atoms with Crippen molar-refractivity contribution in [3.05, 3.63) is 0 Å². The van der Waals surface area contributed by atoms with Gasteiger partial charge in [0.1, 0.15) is 0 Å². The average molecular weight is 156 g/mol. The van der Waals surface area contributed by atoms with Gasteiger partial charge in [-0.1, -0.05) is 6.92 Å². The first-order valence-corrected chi connectivity index (χ1v) is 4.44. The van der Waals surface area contributed by atoms with Crippen molar-refractivity contribution in [2.75, 3.05) is 34.2 Å². The van der Waals surface area contributed by atoms with E-state index in [-0.39, 0.29) is 0 Å². The lowest BCUT2D eigenvalue weighted by Crippen LogP contribution is -2.46. The van der Waals surface area contributed by atoms with Crippen molar-refractivity contribution in [3.8, 4) is 0 Å². The summed E-state index contributed by atoms with van der Waals surface area (Å²) in [6, 6.07) is 0.767. The summed E-state index contributed by atoms with van der Waals surface area (Å²) in [6.45, 7) is 4.84. The first-order valence-electron chi connectivity index (χ1n) is 4.44. The van der Waals surface area contributed by atoms with Crippen molar-refractivity contribution in [2.45, 2.75) is 19.4 Å². The van der Waals surface area contributed by atoms with E-state index in [1.165, 1.54) is 19.5 Å². The van der Waals surface area contributed by atoms with Crippen LogP contribution < -0.4 is 0 Å². The molecule has 66 valence electrons. The van der Waals surface area contributed by atoms with Crippen molar-refractivity contribution in [1.29, 1.82) is 0 Å². The Labute approximate surface area is 70.2 Å². The number of nitrogens with zero attached hydrogens (tertiary/aromatic N) is 2. The number of likely N-dealkylation sites (N-methyl/N-ethyl adjacent to an activating group) is 2. The summed E-state index contributed by atoms with van der Waals surface area (Å²) < 4.78 is 0. The highest BCUT2D eigenvalue weighted by Crippen LogP contribution is 2.17. The zero-order chi connectivity index (χ0) is 8.43. The smallest absolute Gasteiger partial charge is 0.0219 e. The van der Waals surface area contributed by atoms with Crippen LogP contribution in [0, 0.1) is 5.92 Å². The maximum Gasteiger partial charge on any atom is 0.0219 e. The van der Waals surface area contributed by atoms with Gasteiger partial charge in [0.25, 0.3) is 0 Å². The van der Waals surface area contributed by atoms with Crippen LogP contribution in [0.3, 0.4) is 0 Å². The molecule has 1 fully saturated rings. The van der Waals surface area contributed by atoms with E-state index in [2.05, 4.69) is 37.9 Å². The van der Waals surface area contributed by atoms with Crippen LogP contribution in [0.1, 0.15) is 13.3 Å². The van der Waals surface area contributed by atoms with E-state index in [1.54, 1.807) is 0 Å². The first kappa shape index (κ1) is 9.01. The van der Waals surface area contributed by atoms with E-state index in [4.69, 9.17) is 0 Å². The summed E-state index contributed by atoms with van der Waals surface area (Å²) in [7, 11) is 6.57. The number of likely N-dealkylation sites (tertiary alicyclic amines) is 1. The van der Waals surface area contributed by atoms with Crippen molar-refractivity contribution in [1.82, 2.24) is 9.80 Å². The number of hydrogen-bond donors (Lipinski definition) is 0. The maximum absolute atomic E-state index is 2.43. The molecule has 0 aromatic rings. The lowest BCUT2D eigenvalue weighted by Gasteiger charge is -2.37. The second-order valence-corrected chi connectivity index (χ2v) is 4.18. The van der Waals surface area contributed by atoms with Crippen LogP contribution in [0.4, 0.5) is 0 Å². The first-order chi connectivity index (χ1) is 5.09. The second-order valence-electron chi connectivity index (χ2n) is 4.18. The van der Waals surface area contributed by atoms with Crippen LogP contribution >= 0.6 is 0 Å². The van der Waals surface area contributed by atoms with Crippen molar-refractivity contribution >= 4 is 0 Å². The molecule has 0 aromatic carbocycles. The highest BCUT2D eigenvalue weighted by molar-refractivity contribution is 4.79. The van der Waals surface area contributed by atoms with Gasteiger partial charge in [0.2, 0.25) is 0 Å². The van der Waals surface area contributed by atoms with E-state index in [1.807, 2.05) is 0 Å². The Morgan fingerprint density at radius 1 is 1.27 bits per heavy atom. The zero-order valence-corrected chi connectivity index (χ0v) is 8.17. The Morgan fingerprint density at radius 2 is 1.91 bits per heavy atom. The van der Waals surface area contributed by atoms with Gasteiger partial charge in [0.05, 0.1) is 0 Å². The predicted molar refractivity (Wildman–Crippen MR) is 48.8 cm³/mol. The Balaban J connectivity index is 2.43. The minimum Gasteiger partial charge on any atom is -0.305 e. The number of rotatable bonds is 1. The summed E-state index contributed by atoms with van der Waals surface area (Å²) in [6.07, 6.45) is 1.36. The van der Waals surface area contributed by atoms with E-state index >= 15 is 0 Å². The summed E-state index contributed by atoms with van der Waals surface area (Å²) in [5.74, 6) is 0.862. The standard InChI is InChI=1S/C9H20N2/c1-8-5-9(10(2)3)7-11(4)6-8/h8-9H,5-7H2,1-4H3/t8-,9+/m0/s1. The van der Waals surface area contributed by atoms with E-state index < -0.39 is 0 Å². The molecule has 0 unspecified atom stereocenters. The van der Waals surface area contributed by atoms with Gasteiger partial charge in [0, 0.05) is 19.1 Å². The molecule has 0 saturated carbocycles. The van der Waals surface area contributed by atoms with Crippen molar-refractivity contribution in [2.24, 2.45) is 5.92 Å². The molecule has 1 saturated heterocycles. The molecule has 1 heterocycles. The van der Waals surface area contributed by atoms with Gasteiger partial charge in [-0.05, 0) is 33.5 Å². The van der Waals surface area contributed by atoms with Crippen molar-refractivity contribution in [3.63, 3.8) is 0 Å². The molecule has 1 aliphatic rings. The molecular weight excluding hydrogens is 136 g/mol. The van der Waals surface area contributed by atoms with Crippen LogP contribution in [0.25, 0.3) is 0 Å². The molecule has 0 N–H and O–H groups in total. The zero-order valence-electron chi connectivity index (χ0n) is 8.17. The van der Waals surface area contributed by atoms with Crippen LogP contribution in [-0.2, 0) is 0 Å². The minimum absolute atomic E-state index is 0.767. The normalized spacial score (nSPS) is 34.6. The fourth-order valence-electron chi connectivity index (χ4n) is 1.95. The number of piperidine rings is 1. The van der Waals surface area contributed by atoms with Crippen LogP contribution in [0.2, 0.25) is 0 Å². The van der Waals surface area contributed by atoms with Crippen LogP contribution in [0.5, 0.6) is 0 Å². The van der Waals surface area contributed by atoms with Gasteiger partial charge in [-0.25, -0.2) is 0 Å². The lowest BCUT2D eigenvalue weighted by molar-refractivity contribution is 0.120. The molecule has 0 aromatic heterocycles. The van der Waals surface area contributed by atoms with E-state index in [0.29, 0.717) is 0 Å². The summed E-state index contributed by atoms with van der Waals surface area (Å²) in [5.41, 5.74) is 0. The number of hydrogen-bond acceptors (Lipinski definition) is 2. The predicted octanol–water partition coefficient (Wildman–Crippen LogP) is 0.888. The molecule has 1 rings (SSSR count). The van der Waals surface area contributed by atoms with E-state index in [9.17, 15) is 0 Å². The molecule has 11 heavy (non-hydrogen) atoms. The second kappa shape index (κ2) is 3.55. The minimum atomic E-state index is 0.767. The lowest BCUT2D eigenvalue weighted by atomic mass is 9.96. The molecule has 2 heteroatoms. The van der Waals surface area contributed by atoms with E-state index in [0.717, 1.165) is 12.0 Å². The Hall–Kier alpha value is -0.0800.